The second-order valence-electron chi connectivity index (χ2n) is 9.98. The van der Waals surface area contributed by atoms with Crippen molar-refractivity contribution in [2.24, 2.45) is 0 Å². The molecule has 0 spiro atoms. The molecular weight excluding hydrogens is 536 g/mol. The average Bonchev–Trinajstić information content (AvgIpc) is 3.32. The Kier molecular flexibility index (Phi) is 8.50. The number of aromatic carboxylic acids is 1. The number of carboxylic acid groups (broad SMARTS) is 1. The molecule has 0 aliphatic heterocycles. The van der Waals surface area contributed by atoms with Gasteiger partial charge in [0.1, 0.15) is 18.4 Å². The van der Waals surface area contributed by atoms with E-state index >= 15 is 0 Å². The summed E-state index contributed by atoms with van der Waals surface area (Å²) in [6, 6.07) is 27.5. The van der Waals surface area contributed by atoms with Gasteiger partial charge in [-0.1, -0.05) is 78.9 Å². The van der Waals surface area contributed by atoms with Crippen molar-refractivity contribution in [1.29, 1.82) is 0 Å². The molecule has 4 aromatic carbocycles. The van der Waals surface area contributed by atoms with Gasteiger partial charge in [0.05, 0.1) is 24.0 Å². The third kappa shape index (κ3) is 6.26. The van der Waals surface area contributed by atoms with E-state index in [4.69, 9.17) is 9.47 Å². The molecule has 4 N–H and O–H groups in total. The highest BCUT2D eigenvalue weighted by Gasteiger charge is 2.32. The number of rotatable bonds is 10. The van der Waals surface area contributed by atoms with Crippen LogP contribution in [0.15, 0.2) is 97.1 Å². The molecule has 214 valence electrons. The number of benzene rings is 4. The van der Waals surface area contributed by atoms with Crippen molar-refractivity contribution in [3.05, 3.63) is 119 Å². The minimum atomic E-state index is -1.24. The molecule has 9 nitrogen and oxygen atoms in total. The van der Waals surface area contributed by atoms with Crippen LogP contribution in [0.1, 0.15) is 39.9 Å². The zero-order valence-corrected chi connectivity index (χ0v) is 22.8. The molecule has 5 rings (SSSR count). The molecule has 0 radical (unpaired) electrons. The Morgan fingerprint density at radius 2 is 1.48 bits per heavy atom. The van der Waals surface area contributed by atoms with Crippen molar-refractivity contribution in [2.75, 3.05) is 11.9 Å². The molecule has 0 heterocycles. The summed E-state index contributed by atoms with van der Waals surface area (Å²) in [6.07, 6.45) is -1.65. The van der Waals surface area contributed by atoms with E-state index in [9.17, 15) is 24.6 Å². The van der Waals surface area contributed by atoms with E-state index in [0.717, 1.165) is 33.9 Å². The zero-order valence-electron chi connectivity index (χ0n) is 22.8. The van der Waals surface area contributed by atoms with Crippen LogP contribution in [0.2, 0.25) is 0 Å². The van der Waals surface area contributed by atoms with E-state index in [1.165, 1.54) is 12.1 Å². The van der Waals surface area contributed by atoms with Gasteiger partial charge in [-0.15, -0.1) is 0 Å². The van der Waals surface area contributed by atoms with E-state index in [-0.39, 0.29) is 36.1 Å². The third-order valence-electron chi connectivity index (χ3n) is 7.23. The standard InChI is InChI=1S/C33H30N2O7/c1-20(41-18-21-9-3-2-4-10-21)30(31(37)34-28-17-22(32(38)39)15-16-29(28)36)35-33(40)42-19-27-25-13-7-5-11-23(25)24-12-6-8-14-26(24)27/h2-17,20,27,30,36H,18-19H2,1H3,(H,34,37)(H,35,40)(H,38,39)/t20-,30+/m0/s1. The number of nitrogens with one attached hydrogen (secondary N) is 2. The first-order valence-electron chi connectivity index (χ1n) is 13.5. The maximum absolute atomic E-state index is 13.4. The minimum Gasteiger partial charge on any atom is -0.506 e. The maximum atomic E-state index is 13.4. The number of fused-ring (bicyclic) bond motifs is 3. The molecule has 0 saturated carbocycles. The van der Waals surface area contributed by atoms with Crippen LogP contribution >= 0.6 is 0 Å². The number of phenolic OH excluding ortho intramolecular Hbond substituents is 1. The second-order valence-corrected chi connectivity index (χ2v) is 9.98. The number of carbonyl (C=O) groups excluding carboxylic acids is 2. The van der Waals surface area contributed by atoms with Gasteiger partial charge < -0.3 is 30.3 Å². The van der Waals surface area contributed by atoms with Gasteiger partial charge >= 0.3 is 12.1 Å². The van der Waals surface area contributed by atoms with Gasteiger partial charge in [0.15, 0.2) is 0 Å². The molecule has 9 heteroatoms. The van der Waals surface area contributed by atoms with Crippen LogP contribution in [0.4, 0.5) is 10.5 Å². The first-order chi connectivity index (χ1) is 20.3. The van der Waals surface area contributed by atoms with Gasteiger partial charge in [0, 0.05) is 5.92 Å². The Balaban J connectivity index is 1.31. The van der Waals surface area contributed by atoms with Gasteiger partial charge in [0.25, 0.3) is 0 Å². The predicted molar refractivity (Wildman–Crippen MR) is 156 cm³/mol. The van der Waals surface area contributed by atoms with Crippen LogP contribution in [-0.2, 0) is 20.9 Å². The third-order valence-corrected chi connectivity index (χ3v) is 7.23. The minimum absolute atomic E-state index is 0.0505. The largest absolute Gasteiger partial charge is 0.506 e. The van der Waals surface area contributed by atoms with Crippen molar-refractivity contribution >= 4 is 23.7 Å². The van der Waals surface area contributed by atoms with Crippen LogP contribution in [-0.4, -0.2) is 46.9 Å². The maximum Gasteiger partial charge on any atom is 0.407 e. The highest BCUT2D eigenvalue weighted by Crippen LogP contribution is 2.44. The summed E-state index contributed by atoms with van der Waals surface area (Å²) in [5, 5.41) is 24.7. The van der Waals surface area contributed by atoms with Gasteiger partial charge in [-0.25, -0.2) is 9.59 Å². The van der Waals surface area contributed by atoms with Crippen molar-refractivity contribution in [3.8, 4) is 16.9 Å². The average molecular weight is 567 g/mol. The van der Waals surface area contributed by atoms with Crippen molar-refractivity contribution in [1.82, 2.24) is 5.32 Å². The highest BCUT2D eigenvalue weighted by molar-refractivity contribution is 5.99. The SMILES string of the molecule is C[C@H](OCc1ccccc1)[C@@H](NC(=O)OCC1c2ccccc2-c2ccccc21)C(=O)Nc1cc(C(=O)O)ccc1O. The van der Waals surface area contributed by atoms with Crippen LogP contribution in [0.25, 0.3) is 11.1 Å². The number of ether oxygens (including phenoxy) is 2. The van der Waals surface area contributed by atoms with Gasteiger partial charge in [0.2, 0.25) is 5.91 Å². The van der Waals surface area contributed by atoms with Crippen molar-refractivity contribution in [2.45, 2.75) is 31.6 Å². The summed E-state index contributed by atoms with van der Waals surface area (Å²) >= 11 is 0. The molecule has 42 heavy (non-hydrogen) atoms. The predicted octanol–water partition coefficient (Wildman–Crippen LogP) is 5.54. The Hall–Kier alpha value is -5.15. The van der Waals surface area contributed by atoms with Gasteiger partial charge in [-0.3, -0.25) is 4.79 Å². The normalized spacial score (nSPS) is 13.4. The first kappa shape index (κ1) is 28.4. The van der Waals surface area contributed by atoms with Gasteiger partial charge in [-0.05, 0) is 52.9 Å². The zero-order chi connectivity index (χ0) is 29.6. The topological polar surface area (TPSA) is 134 Å². The molecule has 4 aromatic rings. The summed E-state index contributed by atoms with van der Waals surface area (Å²) in [5.74, 6) is -2.44. The summed E-state index contributed by atoms with van der Waals surface area (Å²) in [7, 11) is 0. The van der Waals surface area contributed by atoms with Crippen LogP contribution in [0.3, 0.4) is 0 Å². The van der Waals surface area contributed by atoms with E-state index in [1.807, 2.05) is 78.9 Å². The number of carbonyl (C=O) groups is 3. The Bertz CT molecular complexity index is 1560. The lowest BCUT2D eigenvalue weighted by Crippen LogP contribution is -2.51. The Morgan fingerprint density at radius 1 is 0.857 bits per heavy atom. The lowest BCUT2D eigenvalue weighted by atomic mass is 9.98. The van der Waals surface area contributed by atoms with Crippen LogP contribution in [0, 0.1) is 0 Å². The molecule has 1 aliphatic carbocycles. The fourth-order valence-electron chi connectivity index (χ4n) is 5.04. The second kappa shape index (κ2) is 12.6. The lowest BCUT2D eigenvalue weighted by molar-refractivity contribution is -0.122. The van der Waals surface area contributed by atoms with Crippen LogP contribution < -0.4 is 10.6 Å². The molecule has 0 bridgehead atoms. The molecule has 0 aromatic heterocycles. The number of hydrogen-bond acceptors (Lipinski definition) is 6. The first-order valence-corrected chi connectivity index (χ1v) is 13.5. The van der Waals surface area contributed by atoms with Crippen LogP contribution in [0.5, 0.6) is 5.75 Å². The number of carboxylic acids is 1. The number of hydrogen-bond donors (Lipinski definition) is 4. The number of amides is 2. The summed E-state index contributed by atoms with van der Waals surface area (Å²) < 4.78 is 11.6. The summed E-state index contributed by atoms with van der Waals surface area (Å²) in [6.45, 7) is 1.86. The van der Waals surface area contributed by atoms with E-state index in [1.54, 1.807) is 6.92 Å². The Morgan fingerprint density at radius 3 is 2.12 bits per heavy atom. The quantitative estimate of drug-likeness (QED) is 0.185. The van der Waals surface area contributed by atoms with E-state index < -0.39 is 30.1 Å². The lowest BCUT2D eigenvalue weighted by Gasteiger charge is -2.25. The number of alkyl carbamates (subject to hydrolysis) is 1. The molecule has 2 atom stereocenters. The van der Waals surface area contributed by atoms with Gasteiger partial charge in [-0.2, -0.15) is 0 Å². The summed E-state index contributed by atoms with van der Waals surface area (Å²) in [5.41, 5.74) is 4.91. The number of phenols is 1. The monoisotopic (exact) mass is 566 g/mol. The molecule has 1 aliphatic rings. The smallest absolute Gasteiger partial charge is 0.407 e. The molecule has 0 saturated heterocycles. The highest BCUT2D eigenvalue weighted by atomic mass is 16.5. The molecule has 0 fully saturated rings. The molecule has 2 amide bonds. The number of aromatic hydroxyl groups is 1. The molecule has 0 unspecified atom stereocenters. The Labute approximate surface area is 242 Å². The van der Waals surface area contributed by atoms with E-state index in [2.05, 4.69) is 10.6 Å². The van der Waals surface area contributed by atoms with E-state index in [0.29, 0.717) is 0 Å². The fraction of sp³-hybridized carbons (Fsp3) is 0.182. The van der Waals surface area contributed by atoms with Crippen molar-refractivity contribution < 1.29 is 34.1 Å². The van der Waals surface area contributed by atoms with Crippen molar-refractivity contribution in [3.63, 3.8) is 0 Å². The molecular formula is C33H30N2O7. The summed E-state index contributed by atoms with van der Waals surface area (Å²) in [4.78, 5) is 37.9. The fourth-order valence-corrected chi connectivity index (χ4v) is 5.04. The number of anilines is 1.